The van der Waals surface area contributed by atoms with Crippen molar-refractivity contribution in [3.05, 3.63) is 80.8 Å². The molecule has 0 amide bonds. The summed E-state index contributed by atoms with van der Waals surface area (Å²) >= 11 is 13.3. The van der Waals surface area contributed by atoms with Crippen LogP contribution >= 0.6 is 23.2 Å². The number of anilines is 2. The van der Waals surface area contributed by atoms with Gasteiger partial charge in [-0.3, -0.25) is 9.59 Å². The Morgan fingerprint density at radius 2 is 1.87 bits per heavy atom. The zero-order valence-electron chi connectivity index (χ0n) is 25.4. The van der Waals surface area contributed by atoms with Crippen molar-refractivity contribution in [3.8, 4) is 11.6 Å². The molecule has 2 unspecified atom stereocenters. The molecule has 3 aromatic heterocycles. The molecule has 0 N–H and O–H groups in total. The van der Waals surface area contributed by atoms with Crippen molar-refractivity contribution in [2.45, 2.75) is 37.8 Å². The first kappa shape index (κ1) is 30.0. The molecule has 234 valence electrons. The van der Waals surface area contributed by atoms with Gasteiger partial charge in [-0.1, -0.05) is 42.5 Å². The maximum Gasteiger partial charge on any atom is 0.232 e. The molecule has 2 saturated heterocycles. The van der Waals surface area contributed by atoms with Crippen LogP contribution < -0.4 is 20.0 Å². The van der Waals surface area contributed by atoms with Crippen LogP contribution in [0, 0.1) is 11.8 Å². The van der Waals surface area contributed by atoms with Gasteiger partial charge in [-0.25, -0.2) is 9.97 Å². The highest BCUT2D eigenvalue weighted by Gasteiger charge is 2.40. The van der Waals surface area contributed by atoms with E-state index < -0.39 is 0 Å². The second-order valence-electron chi connectivity index (χ2n) is 12.7. The zero-order chi connectivity index (χ0) is 31.2. The van der Waals surface area contributed by atoms with Gasteiger partial charge in [0.15, 0.2) is 11.7 Å². The summed E-state index contributed by atoms with van der Waals surface area (Å²) in [7, 11) is 4.18. The van der Waals surface area contributed by atoms with Gasteiger partial charge < -0.3 is 24.0 Å². The minimum absolute atomic E-state index is 0.0431. The van der Waals surface area contributed by atoms with Crippen molar-refractivity contribution >= 4 is 51.9 Å². The summed E-state index contributed by atoms with van der Waals surface area (Å²) in [5.74, 6) is 2.52. The zero-order valence-corrected chi connectivity index (χ0v) is 26.9. The summed E-state index contributed by atoms with van der Waals surface area (Å²) in [6.07, 6.45) is 10.4. The van der Waals surface area contributed by atoms with Crippen LogP contribution in [0.5, 0.6) is 5.88 Å². The van der Waals surface area contributed by atoms with Crippen molar-refractivity contribution < 1.29 is 9.53 Å². The molecule has 1 aromatic carbocycles. The van der Waals surface area contributed by atoms with E-state index in [4.69, 9.17) is 32.9 Å². The topological polar surface area (TPSA) is 83.8 Å². The average Bonchev–Trinajstić information content (AvgIpc) is 3.38. The maximum absolute atomic E-state index is 13.4. The van der Waals surface area contributed by atoms with E-state index in [1.165, 1.54) is 19.3 Å². The molecular weight excluding hydrogens is 611 g/mol. The van der Waals surface area contributed by atoms with E-state index in [1.807, 2.05) is 22.8 Å². The highest BCUT2D eigenvalue weighted by molar-refractivity contribution is 6.34. The Bertz CT molecular complexity index is 1790. The maximum atomic E-state index is 13.4. The number of benzene rings is 1. The minimum Gasteiger partial charge on any atom is -0.474 e. The predicted octanol–water partition coefficient (Wildman–Crippen LogP) is 5.72. The second-order valence-corrected chi connectivity index (χ2v) is 13.5. The Labute approximate surface area is 272 Å². The number of ether oxygens (including phenoxy) is 1. The molecule has 11 heteroatoms. The van der Waals surface area contributed by atoms with Crippen molar-refractivity contribution in [3.63, 3.8) is 0 Å². The van der Waals surface area contributed by atoms with Crippen LogP contribution in [0.15, 0.2) is 59.8 Å². The van der Waals surface area contributed by atoms with Gasteiger partial charge in [0, 0.05) is 43.5 Å². The molecule has 3 aliphatic rings. The van der Waals surface area contributed by atoms with E-state index in [2.05, 4.69) is 33.8 Å². The van der Waals surface area contributed by atoms with Crippen LogP contribution in [0.25, 0.3) is 16.6 Å². The van der Waals surface area contributed by atoms with E-state index in [0.29, 0.717) is 57.6 Å². The molecule has 7 rings (SSSR count). The molecule has 1 aliphatic carbocycles. The fourth-order valence-electron chi connectivity index (χ4n) is 6.86. The molecular formula is C34H36Cl2N6O3. The van der Waals surface area contributed by atoms with Gasteiger partial charge in [0.25, 0.3) is 0 Å². The van der Waals surface area contributed by atoms with Gasteiger partial charge >= 0.3 is 0 Å². The number of halogens is 2. The van der Waals surface area contributed by atoms with Crippen molar-refractivity contribution in [2.24, 2.45) is 11.8 Å². The molecule has 9 nitrogen and oxygen atoms in total. The van der Waals surface area contributed by atoms with E-state index >= 15 is 0 Å². The first-order chi connectivity index (χ1) is 21.8. The average molecular weight is 648 g/mol. The normalized spacial score (nSPS) is 20.5. The van der Waals surface area contributed by atoms with E-state index in [9.17, 15) is 9.59 Å². The Morgan fingerprint density at radius 1 is 1.04 bits per heavy atom. The number of hydrogen-bond acceptors (Lipinski definition) is 8. The molecule has 4 aromatic rings. The molecule has 0 spiro atoms. The largest absolute Gasteiger partial charge is 0.474 e. The Morgan fingerprint density at radius 3 is 2.53 bits per heavy atom. The predicted molar refractivity (Wildman–Crippen MR) is 179 cm³/mol. The summed E-state index contributed by atoms with van der Waals surface area (Å²) in [6.45, 7) is 3.09. The number of aldehydes is 1. The summed E-state index contributed by atoms with van der Waals surface area (Å²) in [5.41, 5.74) is 1.97. The first-order valence-electron chi connectivity index (χ1n) is 15.5. The van der Waals surface area contributed by atoms with E-state index in [0.717, 1.165) is 43.2 Å². The number of nitrogens with zero attached hydrogens (tertiary/aromatic N) is 6. The Balaban J connectivity index is 1.25. The monoisotopic (exact) mass is 646 g/mol. The first-order valence-corrected chi connectivity index (χ1v) is 16.3. The quantitative estimate of drug-likeness (QED) is 0.213. The van der Waals surface area contributed by atoms with Gasteiger partial charge in [-0.05, 0) is 68.8 Å². The summed E-state index contributed by atoms with van der Waals surface area (Å²) in [4.78, 5) is 41.2. The van der Waals surface area contributed by atoms with Crippen molar-refractivity contribution in [2.75, 3.05) is 50.1 Å². The molecule has 2 aliphatic heterocycles. The number of aromatic nitrogens is 3. The number of pyridine rings is 3. The third-order valence-corrected chi connectivity index (χ3v) is 10.5. The van der Waals surface area contributed by atoms with Gasteiger partial charge in [-0.2, -0.15) is 0 Å². The molecule has 0 radical (unpaired) electrons. The number of carbonyl (C=O) groups is 1. The summed E-state index contributed by atoms with van der Waals surface area (Å²) in [5, 5.41) is 1.32. The van der Waals surface area contributed by atoms with Crippen LogP contribution in [-0.2, 0) is 0 Å². The SMILES string of the molecule is CN(C)C1CN(c2ccc(-n3cc(C=O)c(=O)c4cc(Cl)c(N5CC(C6CCC6)CC5COc5ncccc5Cl)cc43)cn2)C1. The van der Waals surface area contributed by atoms with Crippen LogP contribution in [0.3, 0.4) is 0 Å². The van der Waals surface area contributed by atoms with Crippen molar-refractivity contribution in [1.82, 2.24) is 19.4 Å². The fourth-order valence-corrected chi connectivity index (χ4v) is 7.31. The van der Waals surface area contributed by atoms with E-state index in [1.54, 1.807) is 36.8 Å². The highest BCUT2D eigenvalue weighted by atomic mass is 35.5. The number of fused-ring (bicyclic) bond motifs is 1. The van der Waals surface area contributed by atoms with Gasteiger partial charge in [0.1, 0.15) is 17.4 Å². The standard InChI is InChI=1S/C34H36Cl2N6O3/c1-39(2)26-17-40(18-26)32-9-8-24(14-38-32)41-16-23(19-43)33(44)27-12-29(36)31(13-30(27)41)42-15-22(21-5-3-6-21)11-25(42)20-45-34-28(35)7-4-10-37-34/h4,7-10,12-14,16,19,21-22,25-26H,3,5-6,11,15,17-18,20H2,1-2H3. The lowest BCUT2D eigenvalue weighted by Gasteiger charge is -2.43. The van der Waals surface area contributed by atoms with Gasteiger partial charge in [-0.15, -0.1) is 0 Å². The number of carbonyl (C=O) groups excluding carboxylic acids is 1. The van der Waals surface area contributed by atoms with E-state index in [-0.39, 0.29) is 17.0 Å². The molecule has 5 heterocycles. The lowest BCUT2D eigenvalue weighted by atomic mass is 9.75. The molecule has 3 fully saturated rings. The van der Waals surface area contributed by atoms with Crippen molar-refractivity contribution in [1.29, 1.82) is 0 Å². The third kappa shape index (κ3) is 5.66. The summed E-state index contributed by atoms with van der Waals surface area (Å²) < 4.78 is 8.02. The second kappa shape index (κ2) is 12.3. The third-order valence-electron chi connectivity index (χ3n) is 9.86. The summed E-state index contributed by atoms with van der Waals surface area (Å²) in [6, 6.07) is 11.7. The smallest absolute Gasteiger partial charge is 0.232 e. The van der Waals surface area contributed by atoms with Crippen LogP contribution in [0.2, 0.25) is 10.0 Å². The molecule has 45 heavy (non-hydrogen) atoms. The lowest BCUT2D eigenvalue weighted by molar-refractivity contribution is 0.112. The highest BCUT2D eigenvalue weighted by Crippen LogP contribution is 2.44. The number of hydrogen-bond donors (Lipinski definition) is 0. The molecule has 0 bridgehead atoms. The number of rotatable bonds is 9. The number of likely N-dealkylation sites (N-methyl/N-ethyl adjacent to an activating group) is 1. The Hall–Kier alpha value is -3.66. The van der Waals surface area contributed by atoms with Gasteiger partial charge in [0.05, 0.1) is 39.7 Å². The lowest BCUT2D eigenvalue weighted by Crippen LogP contribution is -2.57. The Kier molecular flexibility index (Phi) is 8.18. The molecule has 2 atom stereocenters. The molecule has 1 saturated carbocycles. The van der Waals surface area contributed by atoms with Crippen LogP contribution in [0.4, 0.5) is 11.5 Å². The fraction of sp³-hybridized carbons (Fsp3) is 0.412. The minimum atomic E-state index is -0.344. The van der Waals surface area contributed by atoms with Crippen LogP contribution in [-0.4, -0.2) is 78.1 Å². The van der Waals surface area contributed by atoms with Crippen LogP contribution in [0.1, 0.15) is 36.0 Å². The van der Waals surface area contributed by atoms with Gasteiger partial charge in [0.2, 0.25) is 5.88 Å².